The highest BCUT2D eigenvalue weighted by molar-refractivity contribution is 7.88. The van der Waals surface area contributed by atoms with E-state index in [0.29, 0.717) is 0 Å². The van der Waals surface area contributed by atoms with Crippen LogP contribution in [0.2, 0.25) is 0 Å². The molecule has 1 N–H and O–H groups in total. The van der Waals surface area contributed by atoms with E-state index in [1.54, 1.807) is 16.8 Å². The zero-order valence-corrected chi connectivity index (χ0v) is 15.2. The van der Waals surface area contributed by atoms with Gasteiger partial charge in [-0.2, -0.15) is 9.40 Å². The summed E-state index contributed by atoms with van der Waals surface area (Å²) >= 11 is 0. The summed E-state index contributed by atoms with van der Waals surface area (Å²) in [4.78, 5) is 10.9. The summed E-state index contributed by atoms with van der Waals surface area (Å²) in [7, 11) is -3.17. The molecule has 25 heavy (non-hydrogen) atoms. The summed E-state index contributed by atoms with van der Waals surface area (Å²) in [5.74, 6) is 0.883. The standard InChI is InChI=1S/C16H24N6O2S/c1-25(23,24)22(12-4-2-5-12)13-6-3-8-21(9-7-13)16-14-10-19-20-15(14)17-11-18-16/h10-13H,2-9H2,1H3,(H,17,18,19,20). The zero-order valence-electron chi connectivity index (χ0n) is 14.4. The Bertz CT molecular complexity index is 847. The van der Waals surface area contributed by atoms with Crippen molar-refractivity contribution in [3.8, 4) is 0 Å². The predicted molar refractivity (Wildman–Crippen MR) is 95.9 cm³/mol. The first-order chi connectivity index (χ1) is 12.0. The average molecular weight is 364 g/mol. The van der Waals surface area contributed by atoms with Crippen molar-refractivity contribution in [2.45, 2.75) is 50.6 Å². The molecule has 0 radical (unpaired) electrons. The normalized spacial score (nSPS) is 23.0. The number of rotatable bonds is 4. The van der Waals surface area contributed by atoms with Crippen LogP contribution < -0.4 is 4.90 Å². The topological polar surface area (TPSA) is 95.1 Å². The van der Waals surface area contributed by atoms with E-state index in [2.05, 4.69) is 25.1 Å². The fourth-order valence-electron chi connectivity index (χ4n) is 4.03. The quantitative estimate of drug-likeness (QED) is 0.884. The van der Waals surface area contributed by atoms with E-state index in [1.807, 2.05) is 0 Å². The molecule has 1 aliphatic heterocycles. The molecule has 0 aromatic carbocycles. The molecular weight excluding hydrogens is 340 g/mol. The van der Waals surface area contributed by atoms with Crippen molar-refractivity contribution in [3.63, 3.8) is 0 Å². The molecule has 8 nitrogen and oxygen atoms in total. The Morgan fingerprint density at radius 2 is 1.88 bits per heavy atom. The molecule has 1 saturated carbocycles. The van der Waals surface area contributed by atoms with Crippen molar-refractivity contribution in [2.75, 3.05) is 24.2 Å². The van der Waals surface area contributed by atoms with E-state index in [-0.39, 0.29) is 12.1 Å². The highest BCUT2D eigenvalue weighted by Crippen LogP contribution is 2.33. The largest absolute Gasteiger partial charge is 0.356 e. The van der Waals surface area contributed by atoms with Gasteiger partial charge in [0.15, 0.2) is 5.65 Å². The van der Waals surface area contributed by atoms with Gasteiger partial charge < -0.3 is 4.90 Å². The molecule has 2 aromatic heterocycles. The van der Waals surface area contributed by atoms with E-state index < -0.39 is 10.0 Å². The maximum absolute atomic E-state index is 12.3. The maximum atomic E-state index is 12.3. The third kappa shape index (κ3) is 3.22. The zero-order chi connectivity index (χ0) is 17.4. The molecule has 0 bridgehead atoms. The molecule has 2 aliphatic rings. The van der Waals surface area contributed by atoms with E-state index in [0.717, 1.165) is 68.5 Å². The Kier molecular flexibility index (Phi) is 4.36. The molecule has 1 unspecified atom stereocenters. The van der Waals surface area contributed by atoms with Crippen molar-refractivity contribution in [1.82, 2.24) is 24.5 Å². The van der Waals surface area contributed by atoms with Crippen LogP contribution in [0, 0.1) is 0 Å². The molecule has 9 heteroatoms. The number of hydrogen-bond donors (Lipinski definition) is 1. The summed E-state index contributed by atoms with van der Waals surface area (Å²) in [6.45, 7) is 1.66. The summed E-state index contributed by atoms with van der Waals surface area (Å²) in [6.07, 6.45) is 10.5. The van der Waals surface area contributed by atoms with Gasteiger partial charge in [-0.25, -0.2) is 18.4 Å². The van der Waals surface area contributed by atoms with Crippen molar-refractivity contribution in [3.05, 3.63) is 12.5 Å². The molecule has 0 spiro atoms. The molecule has 0 amide bonds. The third-order valence-electron chi connectivity index (χ3n) is 5.40. The number of anilines is 1. The minimum atomic E-state index is -3.17. The third-order valence-corrected chi connectivity index (χ3v) is 6.76. The molecular formula is C16H24N6O2S. The molecule has 2 aromatic rings. The van der Waals surface area contributed by atoms with Crippen molar-refractivity contribution >= 4 is 26.9 Å². The first-order valence-corrected chi connectivity index (χ1v) is 10.8. The van der Waals surface area contributed by atoms with Crippen molar-refractivity contribution in [1.29, 1.82) is 0 Å². The Balaban J connectivity index is 1.54. The lowest BCUT2D eigenvalue weighted by Crippen LogP contribution is -2.49. The first kappa shape index (κ1) is 16.7. The van der Waals surface area contributed by atoms with Crippen LogP contribution in [-0.4, -0.2) is 64.3 Å². The Morgan fingerprint density at radius 3 is 2.60 bits per heavy atom. The number of aromatic amines is 1. The van der Waals surface area contributed by atoms with Gasteiger partial charge in [-0.3, -0.25) is 5.10 Å². The Morgan fingerprint density at radius 1 is 1.12 bits per heavy atom. The van der Waals surface area contributed by atoms with Crippen LogP contribution in [0.5, 0.6) is 0 Å². The number of hydrogen-bond acceptors (Lipinski definition) is 6. The van der Waals surface area contributed by atoms with Gasteiger partial charge in [0.2, 0.25) is 10.0 Å². The maximum Gasteiger partial charge on any atom is 0.211 e. The van der Waals surface area contributed by atoms with Crippen LogP contribution in [0.4, 0.5) is 5.82 Å². The summed E-state index contributed by atoms with van der Waals surface area (Å²) < 4.78 is 26.5. The van der Waals surface area contributed by atoms with E-state index in [9.17, 15) is 8.42 Å². The molecule has 2 fully saturated rings. The van der Waals surface area contributed by atoms with Crippen molar-refractivity contribution in [2.24, 2.45) is 0 Å². The summed E-state index contributed by atoms with van der Waals surface area (Å²) in [5.41, 5.74) is 0.734. The van der Waals surface area contributed by atoms with Crippen molar-refractivity contribution < 1.29 is 8.42 Å². The highest BCUT2D eigenvalue weighted by Gasteiger charge is 2.37. The fraction of sp³-hybridized carbons (Fsp3) is 0.688. The lowest BCUT2D eigenvalue weighted by atomic mass is 9.91. The van der Waals surface area contributed by atoms with Gasteiger partial charge in [-0.15, -0.1) is 0 Å². The first-order valence-electron chi connectivity index (χ1n) is 8.91. The second kappa shape index (κ2) is 6.53. The van der Waals surface area contributed by atoms with Gasteiger partial charge in [0.05, 0.1) is 17.8 Å². The average Bonchev–Trinajstić information content (AvgIpc) is 2.87. The smallest absolute Gasteiger partial charge is 0.211 e. The van der Waals surface area contributed by atoms with Crippen LogP contribution in [0.15, 0.2) is 12.5 Å². The van der Waals surface area contributed by atoms with E-state index in [1.165, 1.54) is 6.26 Å². The Labute approximate surface area is 147 Å². The van der Waals surface area contributed by atoms with Gasteiger partial charge in [-0.1, -0.05) is 6.42 Å². The molecule has 1 aliphatic carbocycles. The van der Waals surface area contributed by atoms with Crippen LogP contribution in [0.25, 0.3) is 11.0 Å². The van der Waals surface area contributed by atoms with Crippen LogP contribution >= 0.6 is 0 Å². The number of aromatic nitrogens is 4. The number of sulfonamides is 1. The summed E-state index contributed by atoms with van der Waals surface area (Å²) in [5, 5.41) is 7.85. The van der Waals surface area contributed by atoms with Gasteiger partial charge >= 0.3 is 0 Å². The van der Waals surface area contributed by atoms with Crippen LogP contribution in [0.3, 0.4) is 0 Å². The second-order valence-electron chi connectivity index (χ2n) is 7.08. The minimum absolute atomic E-state index is 0.0898. The molecule has 4 rings (SSSR count). The number of H-pyrrole nitrogens is 1. The van der Waals surface area contributed by atoms with Gasteiger partial charge in [0.25, 0.3) is 0 Å². The number of nitrogens with zero attached hydrogens (tertiary/aromatic N) is 5. The van der Waals surface area contributed by atoms with Gasteiger partial charge in [0.1, 0.15) is 12.1 Å². The van der Waals surface area contributed by atoms with Gasteiger partial charge in [0, 0.05) is 25.2 Å². The lowest BCUT2D eigenvalue weighted by molar-refractivity contribution is 0.164. The number of fused-ring (bicyclic) bond motifs is 1. The molecule has 3 heterocycles. The van der Waals surface area contributed by atoms with Crippen LogP contribution in [0.1, 0.15) is 38.5 Å². The van der Waals surface area contributed by atoms with E-state index in [4.69, 9.17) is 0 Å². The SMILES string of the molecule is CS(=O)(=O)N(C1CCC1)C1CCCN(c2ncnc3[nH]ncc23)CC1. The Hall–Kier alpha value is -1.74. The fourth-order valence-corrected chi connectivity index (χ4v) is 5.53. The molecule has 1 atom stereocenters. The second-order valence-corrected chi connectivity index (χ2v) is 8.97. The lowest BCUT2D eigenvalue weighted by Gasteiger charge is -2.40. The predicted octanol–water partition coefficient (Wildman–Crippen LogP) is 1.53. The summed E-state index contributed by atoms with van der Waals surface area (Å²) in [6, 6.07) is 0.290. The number of nitrogens with one attached hydrogen (secondary N) is 1. The minimum Gasteiger partial charge on any atom is -0.356 e. The van der Waals surface area contributed by atoms with Crippen LogP contribution in [-0.2, 0) is 10.0 Å². The van der Waals surface area contributed by atoms with E-state index >= 15 is 0 Å². The monoisotopic (exact) mass is 364 g/mol. The molecule has 136 valence electrons. The highest BCUT2D eigenvalue weighted by atomic mass is 32.2. The van der Waals surface area contributed by atoms with Gasteiger partial charge in [-0.05, 0) is 32.1 Å². The molecule has 1 saturated heterocycles.